The maximum atomic E-state index is 12.9. The molecule has 0 radical (unpaired) electrons. The van der Waals surface area contributed by atoms with Crippen molar-refractivity contribution < 1.29 is 4.79 Å². The summed E-state index contributed by atoms with van der Waals surface area (Å²) in [6, 6.07) is 17.2. The van der Waals surface area contributed by atoms with Gasteiger partial charge in [0.05, 0.1) is 6.20 Å². The van der Waals surface area contributed by atoms with E-state index in [4.69, 9.17) is 11.6 Å². The maximum absolute atomic E-state index is 12.9. The molecule has 3 heterocycles. The van der Waals surface area contributed by atoms with Gasteiger partial charge in [0.2, 0.25) is 0 Å². The number of nitrogens with one attached hydrogen (secondary N) is 1. The number of azo groups is 1. The van der Waals surface area contributed by atoms with E-state index in [0.29, 0.717) is 16.5 Å². The van der Waals surface area contributed by atoms with Gasteiger partial charge in [-0.3, -0.25) is 9.69 Å². The normalized spacial score (nSPS) is 18.1. The van der Waals surface area contributed by atoms with Crippen molar-refractivity contribution in [1.82, 2.24) is 14.8 Å². The Bertz CT molecular complexity index is 1130. The lowest BCUT2D eigenvalue weighted by atomic mass is 10.1. The lowest BCUT2D eigenvalue weighted by Crippen LogP contribution is -2.28. The molecule has 0 saturated carbocycles. The van der Waals surface area contributed by atoms with E-state index in [-0.39, 0.29) is 12.1 Å². The molecule has 0 aliphatic carbocycles. The second-order valence-electron chi connectivity index (χ2n) is 6.32. The molecule has 0 fully saturated rings. The fourth-order valence-electron chi connectivity index (χ4n) is 3.24. The van der Waals surface area contributed by atoms with Gasteiger partial charge in [-0.25, -0.2) is 0 Å². The van der Waals surface area contributed by atoms with E-state index in [9.17, 15) is 4.79 Å². The van der Waals surface area contributed by atoms with Crippen LogP contribution < -0.4 is 0 Å². The van der Waals surface area contributed by atoms with Gasteiger partial charge in [0.25, 0.3) is 5.91 Å². The molecule has 2 aromatic carbocycles. The van der Waals surface area contributed by atoms with Crippen LogP contribution in [0.15, 0.2) is 89.2 Å². The number of fused-ring (bicyclic) bond motifs is 2. The van der Waals surface area contributed by atoms with E-state index in [1.165, 1.54) is 4.90 Å². The number of amides is 1. The number of carbonyl (C=O) groups is 1. The smallest absolute Gasteiger partial charge is 0.278 e. The van der Waals surface area contributed by atoms with Crippen molar-refractivity contribution in [2.45, 2.75) is 6.17 Å². The Morgan fingerprint density at radius 1 is 1.07 bits per heavy atom. The first-order valence-corrected chi connectivity index (χ1v) is 8.82. The number of hydrogen-bond donors (Lipinski definition) is 1. The summed E-state index contributed by atoms with van der Waals surface area (Å²) >= 11 is 6.02. The molecule has 2 aliphatic rings. The van der Waals surface area contributed by atoms with Crippen molar-refractivity contribution in [1.29, 1.82) is 0 Å². The zero-order valence-corrected chi connectivity index (χ0v) is 14.8. The van der Waals surface area contributed by atoms with Gasteiger partial charge in [0.1, 0.15) is 5.69 Å². The van der Waals surface area contributed by atoms with Gasteiger partial charge < -0.3 is 9.88 Å². The van der Waals surface area contributed by atoms with Crippen molar-refractivity contribution in [3.63, 3.8) is 0 Å². The van der Waals surface area contributed by atoms with E-state index >= 15 is 0 Å². The van der Waals surface area contributed by atoms with Crippen LogP contribution in [0.3, 0.4) is 0 Å². The fourth-order valence-corrected chi connectivity index (χ4v) is 3.42. The highest BCUT2D eigenvalue weighted by atomic mass is 35.5. The van der Waals surface area contributed by atoms with Crippen molar-refractivity contribution in [2.24, 2.45) is 10.2 Å². The van der Waals surface area contributed by atoms with E-state index in [2.05, 4.69) is 15.2 Å². The van der Waals surface area contributed by atoms with Crippen molar-refractivity contribution >= 4 is 28.4 Å². The molecule has 1 unspecified atom stereocenters. The molecule has 2 aliphatic heterocycles. The zero-order chi connectivity index (χ0) is 18.4. The highest BCUT2D eigenvalue weighted by molar-refractivity contribution is 6.31. The minimum absolute atomic E-state index is 0.177. The Balaban J connectivity index is 1.41. The molecule has 1 aromatic heterocycles. The molecule has 0 spiro atoms. The molecular formula is C20H14ClN5O. The van der Waals surface area contributed by atoms with Crippen molar-refractivity contribution in [3.8, 4) is 0 Å². The van der Waals surface area contributed by atoms with Gasteiger partial charge in [-0.2, -0.15) is 5.11 Å². The SMILES string of the molecule is O=C(c1cc2cc(Cl)ccc2[nH]1)N1C=CN2C(=C1)N=NC2c1ccccc1. The summed E-state index contributed by atoms with van der Waals surface area (Å²) in [5.74, 6) is 0.447. The standard InChI is InChI=1S/C20H14ClN5O/c21-15-6-7-16-14(10-15)11-17(22-16)20(27)25-8-9-26-18(12-25)23-24-19(26)13-4-2-1-3-5-13/h1-12,19,22H. The molecule has 0 bridgehead atoms. The summed E-state index contributed by atoms with van der Waals surface area (Å²) in [4.78, 5) is 19.4. The summed E-state index contributed by atoms with van der Waals surface area (Å²) in [7, 11) is 0. The first kappa shape index (κ1) is 15.8. The van der Waals surface area contributed by atoms with Gasteiger partial charge in [0, 0.05) is 28.3 Å². The number of aromatic nitrogens is 1. The Morgan fingerprint density at radius 2 is 1.93 bits per heavy atom. The fraction of sp³-hybridized carbons (Fsp3) is 0.0500. The predicted molar refractivity (Wildman–Crippen MR) is 103 cm³/mol. The third-order valence-electron chi connectivity index (χ3n) is 4.59. The lowest BCUT2D eigenvalue weighted by molar-refractivity contribution is 0.0857. The van der Waals surface area contributed by atoms with E-state index in [1.54, 1.807) is 24.5 Å². The van der Waals surface area contributed by atoms with Crippen LogP contribution in [0.2, 0.25) is 5.02 Å². The van der Waals surface area contributed by atoms with Crippen molar-refractivity contribution in [3.05, 3.63) is 95.3 Å². The first-order valence-electron chi connectivity index (χ1n) is 8.44. The molecule has 27 heavy (non-hydrogen) atoms. The number of halogens is 1. The molecule has 7 heteroatoms. The van der Waals surface area contributed by atoms with Crippen LogP contribution >= 0.6 is 11.6 Å². The number of H-pyrrole nitrogens is 1. The Hall–Kier alpha value is -3.38. The summed E-state index contributed by atoms with van der Waals surface area (Å²) in [6.45, 7) is 0. The maximum Gasteiger partial charge on any atom is 0.278 e. The van der Waals surface area contributed by atoms with Crippen LogP contribution in [0.25, 0.3) is 10.9 Å². The highest BCUT2D eigenvalue weighted by Crippen LogP contribution is 2.35. The number of benzene rings is 2. The van der Waals surface area contributed by atoms with Gasteiger partial charge in [0.15, 0.2) is 12.0 Å². The molecule has 5 rings (SSSR count). The van der Waals surface area contributed by atoms with Crippen LogP contribution in [-0.2, 0) is 0 Å². The number of rotatable bonds is 2. The molecule has 0 saturated heterocycles. The minimum Gasteiger partial charge on any atom is -0.351 e. The highest BCUT2D eigenvalue weighted by Gasteiger charge is 2.30. The van der Waals surface area contributed by atoms with Crippen LogP contribution in [0.5, 0.6) is 0 Å². The molecule has 1 atom stereocenters. The predicted octanol–water partition coefficient (Wildman–Crippen LogP) is 5.01. The summed E-state index contributed by atoms with van der Waals surface area (Å²) in [5.41, 5.74) is 2.39. The minimum atomic E-state index is -0.207. The number of aromatic amines is 1. The van der Waals surface area contributed by atoms with E-state index in [0.717, 1.165) is 16.5 Å². The topological polar surface area (TPSA) is 64.1 Å². The molecule has 3 aromatic rings. The summed E-state index contributed by atoms with van der Waals surface area (Å²) in [5, 5.41) is 10.1. The van der Waals surface area contributed by atoms with Crippen LogP contribution in [-0.4, -0.2) is 20.7 Å². The third-order valence-corrected chi connectivity index (χ3v) is 4.82. The average Bonchev–Trinajstić information content (AvgIpc) is 3.31. The molecule has 1 amide bonds. The third kappa shape index (κ3) is 2.71. The molecular weight excluding hydrogens is 362 g/mol. The van der Waals surface area contributed by atoms with E-state index < -0.39 is 0 Å². The summed E-state index contributed by atoms with van der Waals surface area (Å²) in [6.07, 6.45) is 5.02. The lowest BCUT2D eigenvalue weighted by Gasteiger charge is -2.26. The number of nitrogens with zero attached hydrogens (tertiary/aromatic N) is 4. The molecule has 1 N–H and O–H groups in total. The Kier molecular flexibility index (Phi) is 3.58. The van der Waals surface area contributed by atoms with Crippen molar-refractivity contribution in [2.75, 3.05) is 0 Å². The average molecular weight is 376 g/mol. The summed E-state index contributed by atoms with van der Waals surface area (Å²) < 4.78 is 0. The second kappa shape index (κ2) is 6.10. The van der Waals surface area contributed by atoms with Crippen LogP contribution in [0, 0.1) is 0 Å². The monoisotopic (exact) mass is 375 g/mol. The molecule has 132 valence electrons. The van der Waals surface area contributed by atoms with Crippen LogP contribution in [0.4, 0.5) is 0 Å². The number of carbonyl (C=O) groups excluding carboxylic acids is 1. The van der Waals surface area contributed by atoms with Crippen LogP contribution in [0.1, 0.15) is 22.2 Å². The quantitative estimate of drug-likeness (QED) is 0.684. The Labute approximate surface area is 160 Å². The van der Waals surface area contributed by atoms with Gasteiger partial charge in [-0.1, -0.05) is 41.9 Å². The van der Waals surface area contributed by atoms with Gasteiger partial charge >= 0.3 is 0 Å². The van der Waals surface area contributed by atoms with E-state index in [1.807, 2.05) is 53.6 Å². The Morgan fingerprint density at radius 3 is 2.78 bits per heavy atom. The van der Waals surface area contributed by atoms with Gasteiger partial charge in [-0.05, 0) is 29.8 Å². The first-order chi connectivity index (χ1) is 13.2. The second-order valence-corrected chi connectivity index (χ2v) is 6.76. The molecule has 6 nitrogen and oxygen atoms in total. The van der Waals surface area contributed by atoms with Gasteiger partial charge in [-0.15, -0.1) is 5.11 Å². The largest absolute Gasteiger partial charge is 0.351 e. The zero-order valence-electron chi connectivity index (χ0n) is 14.1. The number of hydrogen-bond acceptors (Lipinski definition) is 4.